The minimum absolute atomic E-state index is 0.327. The van der Waals surface area contributed by atoms with E-state index in [4.69, 9.17) is 4.74 Å². The summed E-state index contributed by atoms with van der Waals surface area (Å²) in [5, 5.41) is 0.378. The molecular formula is C20H23O4P. The van der Waals surface area contributed by atoms with Crippen molar-refractivity contribution in [1.82, 2.24) is 0 Å². The molecule has 0 amide bonds. The normalized spacial score (nSPS) is 13.3. The molecule has 0 aliphatic heterocycles. The molecule has 2 aromatic carbocycles. The van der Waals surface area contributed by atoms with Gasteiger partial charge in [0.2, 0.25) is 5.52 Å². The van der Waals surface area contributed by atoms with Crippen LogP contribution in [0.1, 0.15) is 35.3 Å². The topological polar surface area (TPSA) is 60.4 Å². The predicted molar refractivity (Wildman–Crippen MR) is 100 cm³/mol. The molecule has 2 aromatic rings. The lowest BCUT2D eigenvalue weighted by Gasteiger charge is -2.20. The van der Waals surface area contributed by atoms with E-state index in [0.29, 0.717) is 10.9 Å². The maximum Gasteiger partial charge on any atom is 0.314 e. The van der Waals surface area contributed by atoms with Gasteiger partial charge in [-0.1, -0.05) is 48.5 Å². The van der Waals surface area contributed by atoms with Crippen molar-refractivity contribution in [1.29, 1.82) is 0 Å². The Morgan fingerprint density at radius 1 is 0.960 bits per heavy atom. The molecule has 0 saturated carbocycles. The van der Waals surface area contributed by atoms with Gasteiger partial charge in [-0.15, -0.1) is 0 Å². The van der Waals surface area contributed by atoms with Crippen LogP contribution in [0, 0.1) is 13.8 Å². The van der Waals surface area contributed by atoms with Gasteiger partial charge in [-0.05, 0) is 38.8 Å². The minimum Gasteiger partial charge on any atom is -0.463 e. The summed E-state index contributed by atoms with van der Waals surface area (Å²) in [5.74, 6) is -0.623. The van der Waals surface area contributed by atoms with Crippen molar-refractivity contribution in [2.75, 3.05) is 6.16 Å². The van der Waals surface area contributed by atoms with Crippen molar-refractivity contribution in [3.8, 4) is 0 Å². The zero-order chi connectivity index (χ0) is 18.6. The Balaban J connectivity index is 2.54. The standard InChI is InChI=1S/C20H23O4P/c1-14(2)24-18(21)13-25(23,17-11-6-5-7-12-17)20(22)19-15(3)9-8-10-16(19)4/h5-12,14H,13H2,1-4H3. The Morgan fingerprint density at radius 3 is 2.04 bits per heavy atom. The molecule has 0 radical (unpaired) electrons. The summed E-state index contributed by atoms with van der Waals surface area (Å²) in [7, 11) is -3.66. The van der Waals surface area contributed by atoms with E-state index in [1.54, 1.807) is 44.2 Å². The van der Waals surface area contributed by atoms with Gasteiger partial charge in [0.15, 0.2) is 7.14 Å². The fourth-order valence-electron chi connectivity index (χ4n) is 2.76. The highest BCUT2D eigenvalue weighted by atomic mass is 31.2. The maximum absolute atomic E-state index is 13.8. The number of aryl methyl sites for hydroxylation is 2. The van der Waals surface area contributed by atoms with Crippen LogP contribution < -0.4 is 5.30 Å². The predicted octanol–water partition coefficient (Wildman–Crippen LogP) is 4.08. The monoisotopic (exact) mass is 358 g/mol. The zero-order valence-electron chi connectivity index (χ0n) is 15.0. The summed E-state index contributed by atoms with van der Waals surface area (Å²) in [4.78, 5) is 25.5. The molecule has 0 spiro atoms. The van der Waals surface area contributed by atoms with Gasteiger partial charge >= 0.3 is 5.97 Å². The zero-order valence-corrected chi connectivity index (χ0v) is 15.9. The van der Waals surface area contributed by atoms with E-state index in [1.807, 2.05) is 32.0 Å². The van der Waals surface area contributed by atoms with E-state index < -0.39 is 24.8 Å². The Kier molecular flexibility index (Phi) is 5.97. The van der Waals surface area contributed by atoms with Crippen molar-refractivity contribution in [2.45, 2.75) is 33.8 Å². The van der Waals surface area contributed by atoms with E-state index in [2.05, 4.69) is 0 Å². The van der Waals surface area contributed by atoms with Crippen molar-refractivity contribution in [2.24, 2.45) is 0 Å². The van der Waals surface area contributed by atoms with Gasteiger partial charge in [0.25, 0.3) is 0 Å². The fourth-order valence-corrected chi connectivity index (χ4v) is 5.13. The summed E-state index contributed by atoms with van der Waals surface area (Å²) in [6.45, 7) is 7.06. The summed E-state index contributed by atoms with van der Waals surface area (Å²) in [6, 6.07) is 13.9. The van der Waals surface area contributed by atoms with E-state index >= 15 is 0 Å². The Bertz CT molecular complexity index is 805. The highest BCUT2D eigenvalue weighted by Gasteiger charge is 2.38. The van der Waals surface area contributed by atoms with Gasteiger partial charge in [-0.3, -0.25) is 9.59 Å². The molecule has 1 unspecified atom stereocenters. The first-order chi connectivity index (χ1) is 11.8. The SMILES string of the molecule is Cc1cccc(C)c1C(=O)P(=O)(CC(=O)OC(C)C)c1ccccc1. The lowest BCUT2D eigenvalue weighted by atomic mass is 10.0. The van der Waals surface area contributed by atoms with Crippen LogP contribution in [0.15, 0.2) is 48.5 Å². The number of ether oxygens (including phenoxy) is 1. The minimum atomic E-state index is -3.66. The first-order valence-electron chi connectivity index (χ1n) is 8.21. The molecule has 0 saturated heterocycles. The average molecular weight is 358 g/mol. The average Bonchev–Trinajstić information content (AvgIpc) is 2.54. The van der Waals surface area contributed by atoms with Gasteiger partial charge in [-0.25, -0.2) is 0 Å². The molecule has 0 aromatic heterocycles. The highest BCUT2D eigenvalue weighted by molar-refractivity contribution is 7.88. The number of esters is 1. The smallest absolute Gasteiger partial charge is 0.314 e. The largest absolute Gasteiger partial charge is 0.463 e. The van der Waals surface area contributed by atoms with Crippen molar-refractivity contribution < 1.29 is 18.9 Å². The summed E-state index contributed by atoms with van der Waals surface area (Å²) in [6.07, 6.45) is -0.756. The van der Waals surface area contributed by atoms with E-state index in [-0.39, 0.29) is 6.10 Å². The first kappa shape index (κ1) is 19.1. The Labute approximate surface area is 148 Å². The van der Waals surface area contributed by atoms with Crippen LogP contribution in [-0.4, -0.2) is 23.8 Å². The number of benzene rings is 2. The summed E-state index contributed by atoms with van der Waals surface area (Å²) >= 11 is 0. The van der Waals surface area contributed by atoms with Crippen LogP contribution >= 0.6 is 7.14 Å². The fraction of sp³-hybridized carbons (Fsp3) is 0.300. The molecule has 2 rings (SSSR count). The molecule has 25 heavy (non-hydrogen) atoms. The highest BCUT2D eigenvalue weighted by Crippen LogP contribution is 2.48. The molecule has 4 nitrogen and oxygen atoms in total. The molecule has 0 bridgehead atoms. The van der Waals surface area contributed by atoms with Gasteiger partial charge in [0, 0.05) is 10.9 Å². The quantitative estimate of drug-likeness (QED) is 0.577. The van der Waals surface area contributed by atoms with Crippen LogP contribution in [0.4, 0.5) is 0 Å². The molecule has 0 aliphatic rings. The molecule has 0 fully saturated rings. The molecule has 1 atom stereocenters. The van der Waals surface area contributed by atoms with E-state index in [9.17, 15) is 14.2 Å². The summed E-state index contributed by atoms with van der Waals surface area (Å²) < 4.78 is 18.9. The maximum atomic E-state index is 13.8. The third kappa shape index (κ3) is 4.26. The first-order valence-corrected chi connectivity index (χ1v) is 10.1. The second-order valence-corrected chi connectivity index (χ2v) is 9.06. The molecule has 0 N–H and O–H groups in total. The van der Waals surface area contributed by atoms with Crippen molar-refractivity contribution in [3.63, 3.8) is 0 Å². The van der Waals surface area contributed by atoms with Gasteiger partial charge in [0.1, 0.15) is 6.16 Å². The number of carbonyl (C=O) groups is 2. The van der Waals surface area contributed by atoms with Crippen LogP contribution in [0.25, 0.3) is 0 Å². The van der Waals surface area contributed by atoms with Crippen LogP contribution in [0.3, 0.4) is 0 Å². The Hall–Kier alpha value is -2.19. The van der Waals surface area contributed by atoms with Gasteiger partial charge < -0.3 is 9.30 Å². The number of carbonyl (C=O) groups excluding carboxylic acids is 2. The molecule has 5 heteroatoms. The number of hydrogen-bond acceptors (Lipinski definition) is 4. The number of rotatable bonds is 6. The molecular weight excluding hydrogens is 335 g/mol. The van der Waals surface area contributed by atoms with E-state index in [0.717, 1.165) is 11.1 Å². The van der Waals surface area contributed by atoms with Crippen molar-refractivity contribution >= 4 is 23.9 Å². The molecule has 132 valence electrons. The molecule has 0 heterocycles. The van der Waals surface area contributed by atoms with E-state index in [1.165, 1.54) is 0 Å². The number of hydrogen-bond donors (Lipinski definition) is 0. The third-order valence-corrected chi connectivity index (χ3v) is 6.63. The lowest BCUT2D eigenvalue weighted by molar-refractivity contribution is -0.144. The van der Waals surface area contributed by atoms with Gasteiger partial charge in [0.05, 0.1) is 6.10 Å². The van der Waals surface area contributed by atoms with Crippen LogP contribution in [0.5, 0.6) is 0 Å². The second kappa shape index (κ2) is 7.79. The Morgan fingerprint density at radius 2 is 1.52 bits per heavy atom. The van der Waals surface area contributed by atoms with Crippen LogP contribution in [0.2, 0.25) is 0 Å². The van der Waals surface area contributed by atoms with Crippen molar-refractivity contribution in [3.05, 3.63) is 65.2 Å². The second-order valence-electron chi connectivity index (χ2n) is 6.34. The third-order valence-electron chi connectivity index (χ3n) is 3.92. The lowest BCUT2D eigenvalue weighted by Crippen LogP contribution is -2.24. The summed E-state index contributed by atoms with van der Waals surface area (Å²) in [5.41, 5.74) is 1.43. The molecule has 0 aliphatic carbocycles. The van der Waals surface area contributed by atoms with Crippen LogP contribution in [-0.2, 0) is 14.1 Å². The van der Waals surface area contributed by atoms with Gasteiger partial charge in [-0.2, -0.15) is 0 Å².